The van der Waals surface area contributed by atoms with Crippen LogP contribution in [-0.4, -0.2) is 37.9 Å². The molecule has 0 fully saturated rings. The Balaban J connectivity index is 1.60. The molecule has 0 spiro atoms. The molecule has 0 aliphatic heterocycles. The molecule has 1 aliphatic carbocycles. The van der Waals surface area contributed by atoms with Gasteiger partial charge in [0, 0.05) is 17.4 Å². The molecule has 8 nitrogen and oxygen atoms in total. The maximum Gasteiger partial charge on any atom is 0.407 e. The minimum Gasteiger partial charge on any atom is -0.464 e. The van der Waals surface area contributed by atoms with Crippen molar-refractivity contribution in [3.63, 3.8) is 0 Å². The lowest BCUT2D eigenvalue weighted by Gasteiger charge is -2.20. The van der Waals surface area contributed by atoms with Crippen LogP contribution in [0.4, 0.5) is 4.79 Å². The normalized spacial score (nSPS) is 13.7. The molecule has 0 aromatic heterocycles. The van der Waals surface area contributed by atoms with Crippen LogP contribution in [-0.2, 0) is 14.3 Å². The molecule has 1 aliphatic rings. The summed E-state index contributed by atoms with van der Waals surface area (Å²) in [6.07, 6.45) is 2.93. The van der Waals surface area contributed by atoms with Gasteiger partial charge in [0.1, 0.15) is 12.6 Å². The number of carbonyl (C=O) groups excluding carboxylic acids is 2. The van der Waals surface area contributed by atoms with Gasteiger partial charge in [-0.2, -0.15) is 0 Å². The van der Waals surface area contributed by atoms with Crippen LogP contribution in [0.25, 0.3) is 21.6 Å². The number of hydrogen-bond donors (Lipinski definition) is 1. The first kappa shape index (κ1) is 26.1. The Bertz CT molecular complexity index is 1010. The van der Waals surface area contributed by atoms with E-state index in [4.69, 9.17) is 15.0 Å². The highest BCUT2D eigenvalue weighted by Crippen LogP contribution is 2.44. The fourth-order valence-electron chi connectivity index (χ4n) is 4.51. The largest absolute Gasteiger partial charge is 0.464 e. The van der Waals surface area contributed by atoms with Crippen molar-refractivity contribution in [2.75, 3.05) is 19.8 Å². The van der Waals surface area contributed by atoms with Crippen molar-refractivity contribution in [1.82, 2.24) is 5.32 Å². The Labute approximate surface area is 206 Å². The van der Waals surface area contributed by atoms with Gasteiger partial charge in [-0.25, -0.2) is 9.59 Å². The van der Waals surface area contributed by atoms with E-state index in [2.05, 4.69) is 46.5 Å². The third-order valence-corrected chi connectivity index (χ3v) is 6.28. The van der Waals surface area contributed by atoms with E-state index in [1.165, 1.54) is 0 Å². The summed E-state index contributed by atoms with van der Waals surface area (Å²) in [6, 6.07) is 15.4. The van der Waals surface area contributed by atoms with Gasteiger partial charge in [-0.1, -0.05) is 80.3 Å². The smallest absolute Gasteiger partial charge is 0.407 e. The highest BCUT2D eigenvalue weighted by Gasteiger charge is 2.30. The van der Waals surface area contributed by atoms with Gasteiger partial charge in [-0.15, -0.1) is 0 Å². The molecule has 2 aromatic carbocycles. The van der Waals surface area contributed by atoms with Crippen molar-refractivity contribution in [1.29, 1.82) is 0 Å². The molecule has 1 N–H and O–H groups in total. The number of fused-ring (bicyclic) bond motifs is 3. The fraction of sp³-hybridized carbons (Fsp3) is 0.481. The van der Waals surface area contributed by atoms with Crippen LogP contribution in [0.5, 0.6) is 0 Å². The fourth-order valence-corrected chi connectivity index (χ4v) is 4.51. The summed E-state index contributed by atoms with van der Waals surface area (Å²) in [6.45, 7) is 4.95. The van der Waals surface area contributed by atoms with Crippen molar-refractivity contribution in [2.24, 2.45) is 11.0 Å². The molecule has 3 rings (SSSR count). The van der Waals surface area contributed by atoms with Crippen molar-refractivity contribution in [3.05, 3.63) is 70.1 Å². The Morgan fingerprint density at radius 3 is 2.31 bits per heavy atom. The summed E-state index contributed by atoms with van der Waals surface area (Å²) < 4.78 is 11.1. The van der Waals surface area contributed by atoms with Crippen LogP contribution >= 0.6 is 0 Å². The van der Waals surface area contributed by atoms with Crippen molar-refractivity contribution in [3.8, 4) is 11.1 Å². The lowest BCUT2D eigenvalue weighted by atomic mass is 9.98. The van der Waals surface area contributed by atoms with E-state index >= 15 is 0 Å². The zero-order valence-corrected chi connectivity index (χ0v) is 20.5. The summed E-state index contributed by atoms with van der Waals surface area (Å²) in [4.78, 5) is 28.2. The molecule has 8 heteroatoms. The first-order valence-electron chi connectivity index (χ1n) is 12.3. The molecule has 0 saturated heterocycles. The van der Waals surface area contributed by atoms with Gasteiger partial charge in [-0.3, -0.25) is 0 Å². The van der Waals surface area contributed by atoms with Crippen LogP contribution in [0.1, 0.15) is 63.0 Å². The second-order valence-corrected chi connectivity index (χ2v) is 9.00. The minimum absolute atomic E-state index is 0.0581. The number of nitrogens with one attached hydrogen (secondary N) is 1. The summed E-state index contributed by atoms with van der Waals surface area (Å²) in [5, 5.41) is 6.21. The van der Waals surface area contributed by atoms with Gasteiger partial charge >= 0.3 is 12.1 Å². The number of alkyl carbamates (subject to hydrolysis) is 1. The average Bonchev–Trinajstić information content (AvgIpc) is 3.19. The number of benzene rings is 2. The molecule has 2 atom stereocenters. The Hall–Kier alpha value is -3.51. The van der Waals surface area contributed by atoms with Crippen LogP contribution in [0.3, 0.4) is 0 Å². The standard InChI is InChI=1S/C27H34N4O4/c1-3-10-19(2)17-34-26(32)25(15-8-9-16-29-31-28)30-27(33)35-18-24-22-13-6-4-11-20(22)21-12-5-7-14-23(21)24/h4-7,11-14,19,24-25H,3,8-10,15-18H2,1-2H3,(H,30,33)/t19?,25-/m0/s1. The number of carbonyl (C=O) groups is 2. The number of esters is 1. The topological polar surface area (TPSA) is 113 Å². The predicted molar refractivity (Wildman–Crippen MR) is 135 cm³/mol. The van der Waals surface area contributed by atoms with Crippen molar-refractivity contribution >= 4 is 12.1 Å². The van der Waals surface area contributed by atoms with Gasteiger partial charge in [0.15, 0.2) is 0 Å². The molecular weight excluding hydrogens is 444 g/mol. The number of amides is 1. The number of nitrogens with zero attached hydrogens (tertiary/aromatic N) is 3. The van der Waals surface area contributed by atoms with Gasteiger partial charge in [0.2, 0.25) is 0 Å². The molecule has 0 saturated carbocycles. The van der Waals surface area contributed by atoms with E-state index in [-0.39, 0.29) is 18.4 Å². The number of ether oxygens (including phenoxy) is 2. The molecule has 0 bridgehead atoms. The molecule has 0 heterocycles. The van der Waals surface area contributed by atoms with Gasteiger partial charge in [-0.05, 0) is 53.0 Å². The molecule has 1 unspecified atom stereocenters. The third-order valence-electron chi connectivity index (χ3n) is 6.28. The number of unbranched alkanes of at least 4 members (excludes halogenated alkanes) is 1. The van der Waals surface area contributed by atoms with E-state index in [0.717, 1.165) is 35.1 Å². The Kier molecular flexibility index (Phi) is 9.99. The molecule has 35 heavy (non-hydrogen) atoms. The summed E-state index contributed by atoms with van der Waals surface area (Å²) >= 11 is 0. The first-order valence-corrected chi connectivity index (χ1v) is 12.3. The maximum atomic E-state index is 12.7. The van der Waals surface area contributed by atoms with Crippen molar-refractivity contribution < 1.29 is 19.1 Å². The number of azide groups is 1. The lowest BCUT2D eigenvalue weighted by Crippen LogP contribution is -2.42. The number of rotatable bonds is 13. The molecule has 186 valence electrons. The Morgan fingerprint density at radius 2 is 1.69 bits per heavy atom. The number of hydrogen-bond acceptors (Lipinski definition) is 5. The minimum atomic E-state index is -0.814. The van der Waals surface area contributed by atoms with Crippen LogP contribution in [0.15, 0.2) is 53.6 Å². The van der Waals surface area contributed by atoms with E-state index in [0.29, 0.717) is 32.4 Å². The zero-order valence-electron chi connectivity index (χ0n) is 20.5. The Morgan fingerprint density at radius 1 is 1.03 bits per heavy atom. The third kappa shape index (κ3) is 7.23. The zero-order chi connectivity index (χ0) is 25.0. The maximum absolute atomic E-state index is 12.7. The van der Waals surface area contributed by atoms with E-state index < -0.39 is 18.1 Å². The SMILES string of the molecule is CCCC(C)COC(=O)[C@H](CCCCN=[N+]=[N-])NC(=O)OCC1c2ccccc2-c2ccccc21. The molecule has 2 aromatic rings. The van der Waals surface area contributed by atoms with Gasteiger partial charge in [0.25, 0.3) is 0 Å². The quantitative estimate of drug-likeness (QED) is 0.119. The summed E-state index contributed by atoms with van der Waals surface area (Å²) in [5.41, 5.74) is 13.0. The molecule has 0 radical (unpaired) electrons. The molecule has 1 amide bonds. The first-order chi connectivity index (χ1) is 17.0. The highest BCUT2D eigenvalue weighted by atomic mass is 16.6. The highest BCUT2D eigenvalue weighted by molar-refractivity contribution is 5.82. The van der Waals surface area contributed by atoms with Crippen LogP contribution in [0.2, 0.25) is 0 Å². The van der Waals surface area contributed by atoms with Crippen molar-refractivity contribution in [2.45, 2.75) is 57.9 Å². The monoisotopic (exact) mass is 478 g/mol. The summed E-state index contributed by atoms with van der Waals surface area (Å²) in [7, 11) is 0. The predicted octanol–water partition coefficient (Wildman–Crippen LogP) is 6.35. The van der Waals surface area contributed by atoms with E-state index in [1.54, 1.807) is 0 Å². The second kappa shape index (κ2) is 13.4. The van der Waals surface area contributed by atoms with Gasteiger partial charge < -0.3 is 14.8 Å². The molecular formula is C27H34N4O4. The van der Waals surface area contributed by atoms with E-state index in [1.807, 2.05) is 31.2 Å². The van der Waals surface area contributed by atoms with E-state index in [9.17, 15) is 9.59 Å². The van der Waals surface area contributed by atoms with Crippen LogP contribution in [0, 0.1) is 5.92 Å². The second-order valence-electron chi connectivity index (χ2n) is 9.00. The van der Waals surface area contributed by atoms with Gasteiger partial charge in [0.05, 0.1) is 6.61 Å². The summed E-state index contributed by atoms with van der Waals surface area (Å²) in [5.74, 6) is -0.272. The van der Waals surface area contributed by atoms with Crippen LogP contribution < -0.4 is 5.32 Å². The lowest BCUT2D eigenvalue weighted by molar-refractivity contribution is -0.147. The average molecular weight is 479 g/mol.